The summed E-state index contributed by atoms with van der Waals surface area (Å²) >= 11 is 0. The van der Waals surface area contributed by atoms with E-state index in [1.165, 1.54) is 19.3 Å². The van der Waals surface area contributed by atoms with Gasteiger partial charge in [-0.2, -0.15) is 0 Å². The third-order valence-corrected chi connectivity index (χ3v) is 6.34. The molecule has 6 heteroatoms. The maximum absolute atomic E-state index is 12.2. The van der Waals surface area contributed by atoms with Crippen LogP contribution in [-0.4, -0.2) is 62.7 Å². The molecule has 0 saturated heterocycles. The number of benzene rings is 1. The molecule has 1 aromatic rings. The molecule has 2 fully saturated rings. The highest BCUT2D eigenvalue weighted by Crippen LogP contribution is 2.57. The number of ether oxygens (including phenoxy) is 1. The number of hydrogen-bond donors (Lipinski definition) is 2. The molecule has 1 aromatic carbocycles. The van der Waals surface area contributed by atoms with Gasteiger partial charge in [-0.25, -0.2) is 0 Å². The molecule has 0 bridgehead atoms. The number of amides is 1. The lowest BCUT2D eigenvalue weighted by Gasteiger charge is -2.61. The quantitative estimate of drug-likeness (QED) is 0.520. The Morgan fingerprint density at radius 3 is 2.72 bits per heavy atom. The van der Waals surface area contributed by atoms with Gasteiger partial charge < -0.3 is 20.3 Å². The summed E-state index contributed by atoms with van der Waals surface area (Å²) in [6, 6.07) is 8.29. The molecule has 2 aliphatic rings. The van der Waals surface area contributed by atoms with E-state index in [1.54, 1.807) is 19.0 Å². The van der Waals surface area contributed by atoms with Gasteiger partial charge in [0.1, 0.15) is 0 Å². The number of nitrogens with one attached hydrogen (secondary N) is 2. The van der Waals surface area contributed by atoms with Gasteiger partial charge in [-0.1, -0.05) is 18.6 Å². The number of carbonyl (C=O) groups is 1. The third kappa shape index (κ3) is 4.74. The van der Waals surface area contributed by atoms with Crippen LogP contribution in [0.2, 0.25) is 0 Å². The molecule has 0 radical (unpaired) electrons. The zero-order valence-electron chi connectivity index (χ0n) is 18.3. The second kappa shape index (κ2) is 9.61. The van der Waals surface area contributed by atoms with E-state index in [4.69, 9.17) is 9.73 Å². The average Bonchev–Trinajstić information content (AvgIpc) is 2.65. The highest BCUT2D eigenvalue weighted by atomic mass is 16.5. The fourth-order valence-electron chi connectivity index (χ4n) is 4.54. The van der Waals surface area contributed by atoms with E-state index in [9.17, 15) is 4.79 Å². The second-order valence-corrected chi connectivity index (χ2v) is 8.37. The molecular weight excluding hydrogens is 364 g/mol. The Bertz CT molecular complexity index is 727. The molecule has 0 heterocycles. The van der Waals surface area contributed by atoms with Crippen LogP contribution in [0.15, 0.2) is 29.3 Å². The van der Waals surface area contributed by atoms with Gasteiger partial charge in [0, 0.05) is 50.8 Å². The Morgan fingerprint density at radius 1 is 1.31 bits per heavy atom. The van der Waals surface area contributed by atoms with Crippen molar-refractivity contribution in [3.05, 3.63) is 35.4 Å². The van der Waals surface area contributed by atoms with Gasteiger partial charge in [-0.3, -0.25) is 9.79 Å². The van der Waals surface area contributed by atoms with Crippen molar-refractivity contribution >= 4 is 11.9 Å². The fraction of sp³-hybridized carbons (Fsp3) is 0.652. The smallest absolute Gasteiger partial charge is 0.253 e. The van der Waals surface area contributed by atoms with Crippen molar-refractivity contribution in [2.45, 2.75) is 58.1 Å². The number of hydrogen-bond acceptors (Lipinski definition) is 3. The number of rotatable bonds is 8. The fourth-order valence-corrected chi connectivity index (χ4v) is 4.54. The van der Waals surface area contributed by atoms with Crippen LogP contribution < -0.4 is 10.6 Å². The van der Waals surface area contributed by atoms with Crippen LogP contribution in [0.3, 0.4) is 0 Å². The summed E-state index contributed by atoms with van der Waals surface area (Å²) in [5.41, 5.74) is 2.17. The van der Waals surface area contributed by atoms with Gasteiger partial charge >= 0.3 is 0 Å². The zero-order chi connectivity index (χ0) is 20.9. The van der Waals surface area contributed by atoms with Crippen LogP contribution >= 0.6 is 0 Å². The summed E-state index contributed by atoms with van der Waals surface area (Å²) in [6.45, 7) is 6.50. The largest absolute Gasteiger partial charge is 0.378 e. The number of nitrogens with zero attached hydrogens (tertiary/aromatic N) is 2. The van der Waals surface area contributed by atoms with E-state index in [1.807, 2.05) is 18.2 Å². The minimum absolute atomic E-state index is 0.0324. The lowest BCUT2D eigenvalue weighted by atomic mass is 9.51. The predicted octanol–water partition coefficient (Wildman–Crippen LogP) is 2.83. The molecule has 2 atom stereocenters. The van der Waals surface area contributed by atoms with Crippen LogP contribution in [0.25, 0.3) is 0 Å². The van der Waals surface area contributed by atoms with Gasteiger partial charge in [0.15, 0.2) is 5.96 Å². The number of carbonyl (C=O) groups excluding carboxylic acids is 1. The van der Waals surface area contributed by atoms with Gasteiger partial charge in [0.25, 0.3) is 5.91 Å². The molecule has 2 N–H and O–H groups in total. The van der Waals surface area contributed by atoms with Gasteiger partial charge in [-0.15, -0.1) is 0 Å². The molecule has 1 amide bonds. The SMILES string of the molecule is CCNC(=NCCc1cccc(C(=O)N(C)C)c1)NC1CC(OCC)C12CCC2. The summed E-state index contributed by atoms with van der Waals surface area (Å²) < 4.78 is 5.96. The topological polar surface area (TPSA) is 66.0 Å². The van der Waals surface area contributed by atoms with Crippen molar-refractivity contribution in [2.75, 3.05) is 33.8 Å². The second-order valence-electron chi connectivity index (χ2n) is 8.37. The Kier molecular flexibility index (Phi) is 7.17. The van der Waals surface area contributed by atoms with Crippen LogP contribution in [-0.2, 0) is 11.2 Å². The van der Waals surface area contributed by atoms with Crippen molar-refractivity contribution in [3.63, 3.8) is 0 Å². The maximum atomic E-state index is 12.2. The minimum atomic E-state index is 0.0324. The molecule has 29 heavy (non-hydrogen) atoms. The normalized spacial score (nSPS) is 22.6. The lowest BCUT2D eigenvalue weighted by molar-refractivity contribution is -0.168. The van der Waals surface area contributed by atoms with Crippen LogP contribution in [0.5, 0.6) is 0 Å². The van der Waals surface area contributed by atoms with E-state index < -0.39 is 0 Å². The summed E-state index contributed by atoms with van der Waals surface area (Å²) in [6.07, 6.45) is 6.08. The highest BCUT2D eigenvalue weighted by molar-refractivity contribution is 5.94. The summed E-state index contributed by atoms with van der Waals surface area (Å²) in [5.74, 6) is 0.921. The van der Waals surface area contributed by atoms with Crippen molar-refractivity contribution in [1.29, 1.82) is 0 Å². The highest BCUT2D eigenvalue weighted by Gasteiger charge is 2.59. The van der Waals surface area contributed by atoms with E-state index in [0.29, 0.717) is 24.1 Å². The van der Waals surface area contributed by atoms with Crippen LogP contribution in [0.4, 0.5) is 0 Å². The first kappa shape index (κ1) is 21.6. The molecule has 6 nitrogen and oxygen atoms in total. The van der Waals surface area contributed by atoms with Gasteiger partial charge in [0.05, 0.1) is 6.10 Å². The standard InChI is InChI=1S/C23H36N4O2/c1-5-24-22(26-19-16-20(29-6-2)23(19)12-8-13-23)25-14-11-17-9-7-10-18(15-17)21(28)27(3)4/h7,9-10,15,19-20H,5-6,8,11-14,16H2,1-4H3,(H2,24,25,26). The molecule has 3 rings (SSSR count). The Hall–Kier alpha value is -2.08. The Labute approximate surface area is 175 Å². The molecule has 0 aliphatic heterocycles. The Morgan fingerprint density at radius 2 is 2.10 bits per heavy atom. The van der Waals surface area contributed by atoms with Crippen molar-refractivity contribution in [1.82, 2.24) is 15.5 Å². The van der Waals surface area contributed by atoms with E-state index in [0.717, 1.165) is 43.1 Å². The van der Waals surface area contributed by atoms with Crippen LogP contribution in [0, 0.1) is 5.41 Å². The number of aliphatic imine (C=N–C) groups is 1. The van der Waals surface area contributed by atoms with Crippen molar-refractivity contribution in [3.8, 4) is 0 Å². The van der Waals surface area contributed by atoms with Gasteiger partial charge in [-0.05, 0) is 57.2 Å². The minimum Gasteiger partial charge on any atom is -0.378 e. The Balaban J connectivity index is 1.58. The monoisotopic (exact) mass is 400 g/mol. The molecule has 2 saturated carbocycles. The molecule has 1 spiro atoms. The first-order valence-corrected chi connectivity index (χ1v) is 11.0. The van der Waals surface area contributed by atoms with Crippen molar-refractivity contribution in [2.24, 2.45) is 10.4 Å². The van der Waals surface area contributed by atoms with Crippen LogP contribution in [0.1, 0.15) is 55.5 Å². The summed E-state index contributed by atoms with van der Waals surface area (Å²) in [7, 11) is 3.55. The lowest BCUT2D eigenvalue weighted by Crippen LogP contribution is -2.68. The predicted molar refractivity (Wildman–Crippen MR) is 117 cm³/mol. The maximum Gasteiger partial charge on any atom is 0.253 e. The molecule has 0 aromatic heterocycles. The summed E-state index contributed by atoms with van der Waals surface area (Å²) in [4.78, 5) is 18.6. The van der Waals surface area contributed by atoms with E-state index >= 15 is 0 Å². The first-order chi connectivity index (χ1) is 14.0. The first-order valence-electron chi connectivity index (χ1n) is 11.0. The molecule has 2 unspecified atom stereocenters. The van der Waals surface area contributed by atoms with E-state index in [2.05, 4.69) is 30.5 Å². The van der Waals surface area contributed by atoms with E-state index in [-0.39, 0.29) is 5.91 Å². The third-order valence-electron chi connectivity index (χ3n) is 6.34. The van der Waals surface area contributed by atoms with Crippen molar-refractivity contribution < 1.29 is 9.53 Å². The summed E-state index contributed by atoms with van der Waals surface area (Å²) in [5, 5.41) is 7.05. The van der Waals surface area contributed by atoms with Gasteiger partial charge in [0.2, 0.25) is 0 Å². The zero-order valence-corrected chi connectivity index (χ0v) is 18.3. The molecule has 160 valence electrons. The molecule has 2 aliphatic carbocycles. The number of guanidine groups is 1. The average molecular weight is 401 g/mol. The molecular formula is C23H36N4O2.